The number of nitrogens with zero attached hydrogens (tertiary/aromatic N) is 2. The molecule has 120 valence electrons. The van der Waals surface area contributed by atoms with Gasteiger partial charge in [-0.25, -0.2) is 0 Å². The summed E-state index contributed by atoms with van der Waals surface area (Å²) in [6.45, 7) is 8.32. The van der Waals surface area contributed by atoms with E-state index in [1.165, 1.54) is 9.75 Å². The summed E-state index contributed by atoms with van der Waals surface area (Å²) < 4.78 is 5.13. The molecule has 0 amide bonds. The Morgan fingerprint density at radius 2 is 2.14 bits per heavy atom. The van der Waals surface area contributed by atoms with Gasteiger partial charge in [0.25, 0.3) is 0 Å². The van der Waals surface area contributed by atoms with E-state index in [-0.39, 0.29) is 0 Å². The molecule has 1 saturated heterocycles. The summed E-state index contributed by atoms with van der Waals surface area (Å²) in [5.41, 5.74) is 0. The van der Waals surface area contributed by atoms with Crippen LogP contribution in [0.5, 0.6) is 0 Å². The average molecular weight is 312 g/mol. The minimum atomic E-state index is 0.294. The lowest BCUT2D eigenvalue weighted by molar-refractivity contribution is 0.136. The second-order valence-corrected chi connectivity index (χ2v) is 7.54. The van der Waals surface area contributed by atoms with Crippen molar-refractivity contribution in [2.24, 2.45) is 11.8 Å². The molecule has 0 aliphatic carbocycles. The number of hydrogen-bond donors (Lipinski definition) is 1. The second kappa shape index (κ2) is 8.25. The maximum absolute atomic E-state index is 9.65. The predicted octanol–water partition coefficient (Wildman–Crippen LogP) is 1.68. The van der Waals surface area contributed by atoms with Gasteiger partial charge in [-0.3, -0.25) is 4.90 Å². The van der Waals surface area contributed by atoms with Crippen molar-refractivity contribution < 1.29 is 9.84 Å². The van der Waals surface area contributed by atoms with E-state index in [4.69, 9.17) is 4.74 Å². The van der Waals surface area contributed by atoms with Crippen LogP contribution < -0.4 is 0 Å². The van der Waals surface area contributed by atoms with Crippen molar-refractivity contribution in [1.29, 1.82) is 0 Å². The number of aliphatic hydroxyl groups excluding tert-OH is 1. The normalized spacial score (nSPS) is 23.3. The van der Waals surface area contributed by atoms with E-state index < -0.39 is 0 Å². The molecule has 1 aliphatic heterocycles. The monoisotopic (exact) mass is 312 g/mol. The van der Waals surface area contributed by atoms with E-state index in [9.17, 15) is 5.11 Å². The molecule has 0 unspecified atom stereocenters. The third-order valence-electron chi connectivity index (χ3n) is 4.29. The molecule has 1 aromatic rings. The Morgan fingerprint density at radius 3 is 2.76 bits per heavy atom. The molecule has 0 bridgehead atoms. The van der Waals surface area contributed by atoms with Crippen molar-refractivity contribution in [2.75, 3.05) is 53.6 Å². The number of likely N-dealkylation sites (N-methyl/N-ethyl adjacent to an activating group) is 1. The predicted molar refractivity (Wildman–Crippen MR) is 87.8 cm³/mol. The molecule has 1 aromatic heterocycles. The van der Waals surface area contributed by atoms with Gasteiger partial charge in [-0.05, 0) is 37.9 Å². The van der Waals surface area contributed by atoms with E-state index in [1.54, 1.807) is 7.11 Å². The number of hydrogen-bond acceptors (Lipinski definition) is 5. The van der Waals surface area contributed by atoms with Crippen LogP contribution in [0.15, 0.2) is 12.1 Å². The van der Waals surface area contributed by atoms with Gasteiger partial charge in [-0.2, -0.15) is 0 Å². The fourth-order valence-electron chi connectivity index (χ4n) is 3.11. The minimum absolute atomic E-state index is 0.294. The Bertz CT molecular complexity index is 424. The van der Waals surface area contributed by atoms with Crippen molar-refractivity contribution in [3.8, 4) is 0 Å². The van der Waals surface area contributed by atoms with E-state index in [0.717, 1.165) is 39.3 Å². The van der Waals surface area contributed by atoms with E-state index in [1.807, 2.05) is 11.3 Å². The Hall–Kier alpha value is -0.460. The summed E-state index contributed by atoms with van der Waals surface area (Å²) in [4.78, 5) is 7.60. The molecular formula is C16H28N2O2S. The highest BCUT2D eigenvalue weighted by Gasteiger charge is 2.32. The van der Waals surface area contributed by atoms with Crippen LogP contribution in [0, 0.1) is 18.8 Å². The Labute approximate surface area is 132 Å². The van der Waals surface area contributed by atoms with Gasteiger partial charge in [0, 0.05) is 56.2 Å². The van der Waals surface area contributed by atoms with Gasteiger partial charge in [0.2, 0.25) is 0 Å². The van der Waals surface area contributed by atoms with Crippen molar-refractivity contribution in [3.05, 3.63) is 21.9 Å². The quantitative estimate of drug-likeness (QED) is 0.792. The van der Waals surface area contributed by atoms with Crippen LogP contribution in [0.1, 0.15) is 9.75 Å². The largest absolute Gasteiger partial charge is 0.396 e. The maximum atomic E-state index is 9.65. The van der Waals surface area contributed by atoms with Crippen molar-refractivity contribution in [2.45, 2.75) is 13.5 Å². The molecule has 1 fully saturated rings. The molecule has 2 heterocycles. The van der Waals surface area contributed by atoms with Crippen LogP contribution in [0.25, 0.3) is 0 Å². The van der Waals surface area contributed by atoms with Gasteiger partial charge in [0.1, 0.15) is 0 Å². The van der Waals surface area contributed by atoms with Gasteiger partial charge >= 0.3 is 0 Å². The molecule has 5 heteroatoms. The van der Waals surface area contributed by atoms with Gasteiger partial charge in [0.05, 0.1) is 6.61 Å². The molecule has 1 aliphatic rings. The lowest BCUT2D eigenvalue weighted by atomic mass is 9.96. The first-order chi connectivity index (χ1) is 10.1. The minimum Gasteiger partial charge on any atom is -0.396 e. The summed E-state index contributed by atoms with van der Waals surface area (Å²) in [6.07, 6.45) is 0. The number of likely N-dealkylation sites (tertiary alicyclic amines) is 1. The molecule has 0 spiro atoms. The molecule has 4 nitrogen and oxygen atoms in total. The summed E-state index contributed by atoms with van der Waals surface area (Å²) in [5.74, 6) is 0.953. The van der Waals surface area contributed by atoms with Gasteiger partial charge in [0.15, 0.2) is 0 Å². The second-order valence-electron chi connectivity index (χ2n) is 6.16. The highest BCUT2D eigenvalue weighted by atomic mass is 32.1. The first-order valence-corrected chi connectivity index (χ1v) is 8.50. The fraction of sp³-hybridized carbons (Fsp3) is 0.750. The number of ether oxygens (including phenoxy) is 1. The summed E-state index contributed by atoms with van der Waals surface area (Å²) >= 11 is 1.88. The molecule has 1 N–H and O–H groups in total. The van der Waals surface area contributed by atoms with E-state index in [2.05, 4.69) is 35.9 Å². The first kappa shape index (κ1) is 16.9. The Morgan fingerprint density at radius 1 is 1.38 bits per heavy atom. The highest BCUT2D eigenvalue weighted by molar-refractivity contribution is 7.11. The van der Waals surface area contributed by atoms with Crippen LogP contribution in [0.2, 0.25) is 0 Å². The number of methoxy groups -OCH3 is 1. The van der Waals surface area contributed by atoms with Crippen molar-refractivity contribution >= 4 is 11.3 Å². The first-order valence-electron chi connectivity index (χ1n) is 7.68. The maximum Gasteiger partial charge on any atom is 0.0589 e. The summed E-state index contributed by atoms with van der Waals surface area (Å²) in [6, 6.07) is 4.42. The highest BCUT2D eigenvalue weighted by Crippen LogP contribution is 2.27. The number of thiophene rings is 1. The number of rotatable bonds is 8. The SMILES string of the molecule is COCCN(C)C[C@@H]1CN(Cc2ccc(C)s2)C[C@@H]1CO. The average Bonchev–Trinajstić information content (AvgIpc) is 3.03. The van der Waals surface area contributed by atoms with Crippen LogP contribution in [-0.2, 0) is 11.3 Å². The van der Waals surface area contributed by atoms with Gasteiger partial charge < -0.3 is 14.7 Å². The summed E-state index contributed by atoms with van der Waals surface area (Å²) in [5, 5.41) is 9.65. The molecule has 2 rings (SSSR count). The molecule has 21 heavy (non-hydrogen) atoms. The summed E-state index contributed by atoms with van der Waals surface area (Å²) in [7, 11) is 3.88. The smallest absolute Gasteiger partial charge is 0.0589 e. The van der Waals surface area contributed by atoms with Gasteiger partial charge in [-0.15, -0.1) is 11.3 Å². The van der Waals surface area contributed by atoms with Crippen molar-refractivity contribution in [1.82, 2.24) is 9.80 Å². The van der Waals surface area contributed by atoms with Crippen LogP contribution in [0.4, 0.5) is 0 Å². The van der Waals surface area contributed by atoms with Gasteiger partial charge in [-0.1, -0.05) is 0 Å². The van der Waals surface area contributed by atoms with E-state index in [0.29, 0.717) is 18.4 Å². The third-order valence-corrected chi connectivity index (χ3v) is 5.27. The number of aliphatic hydroxyl groups is 1. The molecule has 0 saturated carbocycles. The van der Waals surface area contributed by atoms with Crippen molar-refractivity contribution in [3.63, 3.8) is 0 Å². The fourth-order valence-corrected chi connectivity index (χ4v) is 4.04. The molecule has 0 radical (unpaired) electrons. The lowest BCUT2D eigenvalue weighted by Crippen LogP contribution is -2.33. The van der Waals surface area contributed by atoms with E-state index >= 15 is 0 Å². The zero-order chi connectivity index (χ0) is 15.2. The molecule has 2 atom stereocenters. The van der Waals surface area contributed by atoms with Crippen LogP contribution in [-0.4, -0.2) is 68.5 Å². The zero-order valence-electron chi connectivity index (χ0n) is 13.4. The van der Waals surface area contributed by atoms with Crippen LogP contribution >= 0.6 is 11.3 Å². The zero-order valence-corrected chi connectivity index (χ0v) is 14.2. The molecule has 0 aromatic carbocycles. The standard InChI is InChI=1S/C16H28N2O2S/c1-13-4-5-16(21-13)11-18-9-14(15(10-18)12-19)8-17(2)6-7-20-3/h4-5,14-15,19H,6-12H2,1-3H3/t14-,15-/m1/s1. The lowest BCUT2D eigenvalue weighted by Gasteiger charge is -2.23. The number of aryl methyl sites for hydroxylation is 1. The Balaban J connectivity index is 1.84. The Kier molecular flexibility index (Phi) is 6.64. The third kappa shape index (κ3) is 5.04. The topological polar surface area (TPSA) is 35.9 Å². The van der Waals surface area contributed by atoms with Crippen LogP contribution in [0.3, 0.4) is 0 Å². The molecular weight excluding hydrogens is 284 g/mol.